The Kier molecular flexibility index (Phi) is 3.65. The Bertz CT molecular complexity index is 679. The molecule has 0 spiro atoms. The van der Waals surface area contributed by atoms with Crippen LogP contribution < -0.4 is 10.2 Å². The molecule has 2 aromatic carbocycles. The molecule has 0 saturated heterocycles. The summed E-state index contributed by atoms with van der Waals surface area (Å²) in [4.78, 5) is 14.8. The molecule has 0 bridgehead atoms. The van der Waals surface area contributed by atoms with Gasteiger partial charge in [0, 0.05) is 30.5 Å². The van der Waals surface area contributed by atoms with Gasteiger partial charge in [0.15, 0.2) is 0 Å². The van der Waals surface area contributed by atoms with E-state index < -0.39 is 0 Å². The van der Waals surface area contributed by atoms with Crippen molar-refractivity contribution in [3.63, 3.8) is 0 Å². The molecule has 3 heteroatoms. The van der Waals surface area contributed by atoms with Crippen LogP contribution >= 0.6 is 0 Å². The Hall–Kier alpha value is -2.29. The molecule has 0 saturated carbocycles. The van der Waals surface area contributed by atoms with Crippen molar-refractivity contribution in [2.45, 2.75) is 19.8 Å². The molecule has 2 aromatic rings. The molecule has 108 valence electrons. The molecule has 1 amide bonds. The number of carbonyl (C=O) groups is 1. The van der Waals surface area contributed by atoms with Crippen LogP contribution in [-0.2, 0) is 6.42 Å². The van der Waals surface area contributed by atoms with Gasteiger partial charge in [0.25, 0.3) is 5.91 Å². The lowest BCUT2D eigenvalue weighted by Crippen LogP contribution is -2.35. The number of benzene rings is 2. The molecule has 3 nitrogen and oxygen atoms in total. The van der Waals surface area contributed by atoms with Crippen LogP contribution in [0.3, 0.4) is 0 Å². The predicted molar refractivity (Wildman–Crippen MR) is 87.2 cm³/mol. The van der Waals surface area contributed by atoms with Crippen molar-refractivity contribution in [1.29, 1.82) is 0 Å². The zero-order valence-corrected chi connectivity index (χ0v) is 12.5. The summed E-state index contributed by atoms with van der Waals surface area (Å²) in [5.41, 5.74) is 5.15. The summed E-state index contributed by atoms with van der Waals surface area (Å²) >= 11 is 0. The fraction of sp³-hybridized carbons (Fsp3) is 0.278. The smallest absolute Gasteiger partial charge is 0.258 e. The van der Waals surface area contributed by atoms with Crippen molar-refractivity contribution in [2.75, 3.05) is 23.8 Å². The highest BCUT2D eigenvalue weighted by Crippen LogP contribution is 2.29. The fourth-order valence-corrected chi connectivity index (χ4v) is 2.95. The first-order chi connectivity index (χ1) is 10.2. The lowest BCUT2D eigenvalue weighted by atomic mass is 9.99. The molecule has 3 rings (SSSR count). The summed E-state index contributed by atoms with van der Waals surface area (Å²) in [6.07, 6.45) is 2.08. The monoisotopic (exact) mass is 280 g/mol. The number of aryl methyl sites for hydroxylation is 2. The van der Waals surface area contributed by atoms with Crippen molar-refractivity contribution in [2.24, 2.45) is 0 Å². The quantitative estimate of drug-likeness (QED) is 0.911. The van der Waals surface area contributed by atoms with Crippen molar-refractivity contribution >= 4 is 17.3 Å². The molecule has 0 aliphatic carbocycles. The highest BCUT2D eigenvalue weighted by molar-refractivity contribution is 6.07. The van der Waals surface area contributed by atoms with E-state index in [2.05, 4.69) is 11.4 Å². The Balaban J connectivity index is 1.97. The molecular weight excluding hydrogens is 260 g/mol. The molecule has 0 aromatic heterocycles. The van der Waals surface area contributed by atoms with E-state index in [0.717, 1.165) is 41.9 Å². The molecule has 0 fully saturated rings. The van der Waals surface area contributed by atoms with Crippen molar-refractivity contribution in [3.8, 4) is 0 Å². The number of nitrogens with zero attached hydrogens (tertiary/aromatic N) is 1. The second kappa shape index (κ2) is 5.60. The van der Waals surface area contributed by atoms with Crippen LogP contribution in [0.5, 0.6) is 0 Å². The van der Waals surface area contributed by atoms with E-state index in [9.17, 15) is 4.79 Å². The number of hydrogen-bond donors (Lipinski definition) is 1. The number of amides is 1. The van der Waals surface area contributed by atoms with Gasteiger partial charge in [-0.1, -0.05) is 18.2 Å². The van der Waals surface area contributed by atoms with Crippen LogP contribution in [0.4, 0.5) is 11.4 Å². The lowest BCUT2D eigenvalue weighted by Gasteiger charge is -2.30. The van der Waals surface area contributed by atoms with Crippen LogP contribution in [0.15, 0.2) is 42.5 Å². The van der Waals surface area contributed by atoms with Crippen LogP contribution in [0.1, 0.15) is 27.9 Å². The fourth-order valence-electron chi connectivity index (χ4n) is 2.95. The van der Waals surface area contributed by atoms with Crippen molar-refractivity contribution in [3.05, 3.63) is 59.2 Å². The van der Waals surface area contributed by atoms with Crippen molar-refractivity contribution in [1.82, 2.24) is 0 Å². The summed E-state index contributed by atoms with van der Waals surface area (Å²) in [6.45, 7) is 2.78. The Morgan fingerprint density at radius 3 is 2.76 bits per heavy atom. The largest absolute Gasteiger partial charge is 0.388 e. The molecule has 1 N–H and O–H groups in total. The standard InChI is InChI=1S/C18H20N2O/c1-13-12-15(19-2)9-10-16(13)18(21)20-11-5-7-14-6-3-4-8-17(14)20/h3-4,6,8-10,12,19H,5,7,11H2,1-2H3. The average molecular weight is 280 g/mol. The van der Waals surface area contributed by atoms with Gasteiger partial charge < -0.3 is 10.2 Å². The number of hydrogen-bond acceptors (Lipinski definition) is 2. The topological polar surface area (TPSA) is 32.3 Å². The summed E-state index contributed by atoms with van der Waals surface area (Å²) in [5.74, 6) is 0.0994. The van der Waals surface area contributed by atoms with E-state index in [1.807, 2.05) is 55.3 Å². The van der Waals surface area contributed by atoms with E-state index in [1.165, 1.54) is 5.56 Å². The maximum Gasteiger partial charge on any atom is 0.258 e. The van der Waals surface area contributed by atoms with Crippen LogP contribution in [-0.4, -0.2) is 19.5 Å². The van der Waals surface area contributed by atoms with Gasteiger partial charge >= 0.3 is 0 Å². The maximum atomic E-state index is 12.9. The third kappa shape index (κ3) is 2.51. The summed E-state index contributed by atoms with van der Waals surface area (Å²) in [7, 11) is 1.89. The van der Waals surface area contributed by atoms with Gasteiger partial charge in [0.2, 0.25) is 0 Å². The molecule has 21 heavy (non-hydrogen) atoms. The molecule has 1 aliphatic heterocycles. The van der Waals surface area contributed by atoms with Crippen LogP contribution in [0.25, 0.3) is 0 Å². The van der Waals surface area contributed by atoms with Gasteiger partial charge in [-0.3, -0.25) is 4.79 Å². The number of rotatable bonds is 2. The molecule has 1 heterocycles. The number of para-hydroxylation sites is 1. The molecular formula is C18H20N2O. The zero-order chi connectivity index (χ0) is 14.8. The normalized spacial score (nSPS) is 13.7. The minimum atomic E-state index is 0.0994. The van der Waals surface area contributed by atoms with E-state index >= 15 is 0 Å². The van der Waals surface area contributed by atoms with Gasteiger partial charge in [-0.2, -0.15) is 0 Å². The molecule has 0 radical (unpaired) electrons. The highest BCUT2D eigenvalue weighted by atomic mass is 16.2. The van der Waals surface area contributed by atoms with E-state index in [-0.39, 0.29) is 5.91 Å². The zero-order valence-electron chi connectivity index (χ0n) is 12.5. The Morgan fingerprint density at radius 1 is 1.19 bits per heavy atom. The van der Waals surface area contributed by atoms with Gasteiger partial charge in [-0.05, 0) is 55.2 Å². The van der Waals surface area contributed by atoms with Crippen LogP contribution in [0.2, 0.25) is 0 Å². The minimum Gasteiger partial charge on any atom is -0.388 e. The minimum absolute atomic E-state index is 0.0994. The van der Waals surface area contributed by atoms with E-state index in [0.29, 0.717) is 0 Å². The number of anilines is 2. The molecule has 0 atom stereocenters. The Labute approximate surface area is 125 Å². The highest BCUT2D eigenvalue weighted by Gasteiger charge is 2.24. The van der Waals surface area contributed by atoms with E-state index in [1.54, 1.807) is 0 Å². The first-order valence-corrected chi connectivity index (χ1v) is 7.39. The maximum absolute atomic E-state index is 12.9. The van der Waals surface area contributed by atoms with Gasteiger partial charge in [-0.15, -0.1) is 0 Å². The second-order valence-electron chi connectivity index (χ2n) is 5.47. The summed E-state index contributed by atoms with van der Waals surface area (Å²) in [6, 6.07) is 14.1. The Morgan fingerprint density at radius 2 is 2.00 bits per heavy atom. The average Bonchev–Trinajstić information content (AvgIpc) is 2.53. The summed E-state index contributed by atoms with van der Waals surface area (Å²) < 4.78 is 0. The second-order valence-corrected chi connectivity index (χ2v) is 5.47. The van der Waals surface area contributed by atoms with Crippen molar-refractivity contribution < 1.29 is 4.79 Å². The third-order valence-corrected chi connectivity index (χ3v) is 4.10. The SMILES string of the molecule is CNc1ccc(C(=O)N2CCCc3ccccc32)c(C)c1. The summed E-state index contributed by atoms with van der Waals surface area (Å²) in [5, 5.41) is 3.10. The number of fused-ring (bicyclic) bond motifs is 1. The van der Waals surface area contributed by atoms with Gasteiger partial charge in [0.05, 0.1) is 0 Å². The van der Waals surface area contributed by atoms with Gasteiger partial charge in [0.1, 0.15) is 0 Å². The van der Waals surface area contributed by atoms with Gasteiger partial charge in [-0.25, -0.2) is 0 Å². The lowest BCUT2D eigenvalue weighted by molar-refractivity contribution is 0.0984. The predicted octanol–water partition coefficient (Wildman–Crippen LogP) is 3.63. The van der Waals surface area contributed by atoms with Crippen LogP contribution in [0, 0.1) is 6.92 Å². The first-order valence-electron chi connectivity index (χ1n) is 7.39. The third-order valence-electron chi connectivity index (χ3n) is 4.10. The first kappa shape index (κ1) is 13.7. The number of carbonyl (C=O) groups excluding carboxylic acids is 1. The molecule has 1 aliphatic rings. The van der Waals surface area contributed by atoms with E-state index in [4.69, 9.17) is 0 Å². The molecule has 0 unspecified atom stereocenters. The number of nitrogens with one attached hydrogen (secondary N) is 1.